The molecule has 0 bridgehead atoms. The van der Waals surface area contributed by atoms with Crippen LogP contribution in [0.1, 0.15) is 49.9 Å². The molecule has 0 aliphatic rings. The Labute approximate surface area is 173 Å². The number of ketones is 1. The van der Waals surface area contributed by atoms with Gasteiger partial charge in [0.15, 0.2) is 5.78 Å². The summed E-state index contributed by atoms with van der Waals surface area (Å²) >= 11 is 1.02. The van der Waals surface area contributed by atoms with Crippen molar-refractivity contribution < 1.29 is 23.9 Å². The van der Waals surface area contributed by atoms with Crippen LogP contribution in [0.4, 0.5) is 0 Å². The molecular weight excluding hydrogens is 390 g/mol. The third kappa shape index (κ3) is 5.39. The van der Waals surface area contributed by atoms with Gasteiger partial charge in [-0.3, -0.25) is 4.79 Å². The zero-order valence-corrected chi connectivity index (χ0v) is 17.3. The molecule has 7 heteroatoms. The van der Waals surface area contributed by atoms with Gasteiger partial charge in [-0.15, -0.1) is 11.3 Å². The zero-order chi connectivity index (χ0) is 21.4. The highest BCUT2D eigenvalue weighted by molar-refractivity contribution is 7.14. The average Bonchev–Trinajstić information content (AvgIpc) is 3.03. The van der Waals surface area contributed by atoms with E-state index in [1.165, 1.54) is 6.08 Å². The Balaban J connectivity index is 2.42. The number of carbonyl (C=O) groups excluding carboxylic acids is 3. The van der Waals surface area contributed by atoms with Crippen LogP contribution in [-0.4, -0.2) is 30.9 Å². The standard InChI is InChI=1S/C22H21NO5S/c1-4-27-21(25)19-14(3)20(22(26)28-5-2)29-18(19)12-17(24)16(13-23)11-15-9-7-6-8-10-15/h6-11H,4-5,12H2,1-3H3/b16-11+. The largest absolute Gasteiger partial charge is 0.462 e. The summed E-state index contributed by atoms with van der Waals surface area (Å²) < 4.78 is 10.1. The van der Waals surface area contributed by atoms with E-state index >= 15 is 0 Å². The summed E-state index contributed by atoms with van der Waals surface area (Å²) in [4.78, 5) is 38.0. The first-order chi connectivity index (χ1) is 13.9. The number of thiophene rings is 1. The fraction of sp³-hybridized carbons (Fsp3) is 0.273. The maximum atomic E-state index is 12.7. The molecule has 0 spiro atoms. The second-order valence-corrected chi connectivity index (χ2v) is 7.08. The smallest absolute Gasteiger partial charge is 0.348 e. The maximum Gasteiger partial charge on any atom is 0.348 e. The SMILES string of the molecule is CCOC(=O)c1sc(CC(=O)/C(C#N)=C/c2ccccc2)c(C(=O)OCC)c1C. The lowest BCUT2D eigenvalue weighted by Gasteiger charge is -2.05. The number of nitrogens with zero attached hydrogens (tertiary/aromatic N) is 1. The van der Waals surface area contributed by atoms with Gasteiger partial charge in [-0.05, 0) is 38.0 Å². The van der Waals surface area contributed by atoms with Gasteiger partial charge in [0.1, 0.15) is 10.9 Å². The molecule has 2 rings (SSSR count). The van der Waals surface area contributed by atoms with Crippen LogP contribution in [0, 0.1) is 18.3 Å². The number of ether oxygens (including phenoxy) is 2. The van der Waals surface area contributed by atoms with E-state index in [1.807, 2.05) is 12.1 Å². The summed E-state index contributed by atoms with van der Waals surface area (Å²) in [7, 11) is 0. The van der Waals surface area contributed by atoms with E-state index in [9.17, 15) is 19.6 Å². The maximum absolute atomic E-state index is 12.7. The number of rotatable bonds is 8. The Bertz CT molecular complexity index is 983. The van der Waals surface area contributed by atoms with E-state index in [1.54, 1.807) is 45.0 Å². The van der Waals surface area contributed by atoms with Crippen LogP contribution in [0.5, 0.6) is 0 Å². The van der Waals surface area contributed by atoms with Crippen LogP contribution in [0.15, 0.2) is 35.9 Å². The number of Topliss-reactive ketones (excluding diaryl/α,β-unsaturated/α-hetero) is 1. The molecule has 0 unspecified atom stereocenters. The summed E-state index contributed by atoms with van der Waals surface area (Å²) in [6.07, 6.45) is 1.31. The lowest BCUT2D eigenvalue weighted by Crippen LogP contribution is -2.12. The molecule has 1 aromatic heterocycles. The lowest BCUT2D eigenvalue weighted by atomic mass is 10.0. The number of nitriles is 1. The molecule has 150 valence electrons. The van der Waals surface area contributed by atoms with Crippen molar-refractivity contribution in [2.75, 3.05) is 13.2 Å². The zero-order valence-electron chi connectivity index (χ0n) is 16.5. The fourth-order valence-corrected chi connectivity index (χ4v) is 3.88. The van der Waals surface area contributed by atoms with Gasteiger partial charge in [0.05, 0.1) is 24.4 Å². The van der Waals surface area contributed by atoms with Gasteiger partial charge >= 0.3 is 11.9 Å². The lowest BCUT2D eigenvalue weighted by molar-refractivity contribution is -0.114. The van der Waals surface area contributed by atoms with Gasteiger partial charge in [0.25, 0.3) is 0 Å². The molecule has 0 N–H and O–H groups in total. The van der Waals surface area contributed by atoms with Crippen LogP contribution in [0.3, 0.4) is 0 Å². The molecule has 0 radical (unpaired) electrons. The van der Waals surface area contributed by atoms with Crippen molar-refractivity contribution in [2.24, 2.45) is 0 Å². The van der Waals surface area contributed by atoms with Gasteiger partial charge in [-0.1, -0.05) is 30.3 Å². The van der Waals surface area contributed by atoms with Crippen molar-refractivity contribution in [1.29, 1.82) is 5.26 Å². The molecule has 1 aromatic carbocycles. The van der Waals surface area contributed by atoms with Gasteiger partial charge < -0.3 is 9.47 Å². The third-order valence-corrected chi connectivity index (χ3v) is 5.28. The quantitative estimate of drug-likeness (QED) is 0.368. The van der Waals surface area contributed by atoms with E-state index < -0.39 is 17.7 Å². The highest BCUT2D eigenvalue weighted by atomic mass is 32.1. The molecule has 0 amide bonds. The number of hydrogen-bond acceptors (Lipinski definition) is 7. The highest BCUT2D eigenvalue weighted by Crippen LogP contribution is 2.31. The first kappa shape index (κ1) is 22.1. The molecule has 0 fully saturated rings. The van der Waals surface area contributed by atoms with Crippen LogP contribution < -0.4 is 0 Å². The van der Waals surface area contributed by atoms with Crippen LogP contribution in [-0.2, 0) is 20.7 Å². The van der Waals surface area contributed by atoms with Crippen molar-refractivity contribution in [3.63, 3.8) is 0 Å². The predicted molar refractivity (Wildman–Crippen MR) is 110 cm³/mol. The Morgan fingerprint density at radius 1 is 1.07 bits per heavy atom. The van der Waals surface area contributed by atoms with E-state index in [0.29, 0.717) is 10.4 Å². The number of allylic oxidation sites excluding steroid dienone is 1. The van der Waals surface area contributed by atoms with E-state index in [0.717, 1.165) is 16.9 Å². The molecule has 29 heavy (non-hydrogen) atoms. The third-order valence-electron chi connectivity index (χ3n) is 4.01. The Kier molecular flexibility index (Phi) is 7.87. The predicted octanol–water partition coefficient (Wildman–Crippen LogP) is 4.13. The molecule has 1 heterocycles. The normalized spacial score (nSPS) is 10.9. The van der Waals surface area contributed by atoms with Crippen LogP contribution >= 0.6 is 11.3 Å². The Morgan fingerprint density at radius 3 is 2.28 bits per heavy atom. The van der Waals surface area contributed by atoms with Gasteiger partial charge in [0, 0.05) is 11.3 Å². The first-order valence-electron chi connectivity index (χ1n) is 9.09. The van der Waals surface area contributed by atoms with E-state index in [4.69, 9.17) is 9.47 Å². The van der Waals surface area contributed by atoms with Crippen molar-refractivity contribution in [1.82, 2.24) is 0 Å². The van der Waals surface area contributed by atoms with E-state index in [2.05, 4.69) is 0 Å². The highest BCUT2D eigenvalue weighted by Gasteiger charge is 2.27. The summed E-state index contributed by atoms with van der Waals surface area (Å²) in [6, 6.07) is 10.9. The summed E-state index contributed by atoms with van der Waals surface area (Å²) in [5.74, 6) is -1.61. The van der Waals surface area contributed by atoms with Crippen molar-refractivity contribution in [3.8, 4) is 6.07 Å². The molecular formula is C22H21NO5S. The fourth-order valence-electron chi connectivity index (χ4n) is 2.69. The minimum Gasteiger partial charge on any atom is -0.462 e. The average molecular weight is 411 g/mol. The Morgan fingerprint density at radius 2 is 1.69 bits per heavy atom. The number of hydrogen-bond donors (Lipinski definition) is 0. The van der Waals surface area contributed by atoms with Gasteiger partial charge in [-0.2, -0.15) is 5.26 Å². The minimum absolute atomic E-state index is 0.0326. The molecule has 0 saturated carbocycles. The number of carbonyl (C=O) groups is 3. The monoisotopic (exact) mass is 411 g/mol. The Hall–Kier alpha value is -3.24. The molecule has 6 nitrogen and oxygen atoms in total. The molecule has 0 atom stereocenters. The minimum atomic E-state index is -0.606. The molecule has 0 aliphatic heterocycles. The molecule has 0 aliphatic carbocycles. The van der Waals surface area contributed by atoms with E-state index in [-0.39, 0.29) is 35.6 Å². The van der Waals surface area contributed by atoms with Crippen LogP contribution in [0.2, 0.25) is 0 Å². The summed E-state index contributed by atoms with van der Waals surface area (Å²) in [5, 5.41) is 9.42. The van der Waals surface area contributed by atoms with Crippen molar-refractivity contribution in [3.05, 3.63) is 62.3 Å². The summed E-state index contributed by atoms with van der Waals surface area (Å²) in [5.41, 5.74) is 1.29. The number of benzene rings is 1. The van der Waals surface area contributed by atoms with Gasteiger partial charge in [-0.25, -0.2) is 9.59 Å². The van der Waals surface area contributed by atoms with Crippen LogP contribution in [0.25, 0.3) is 6.08 Å². The summed E-state index contributed by atoms with van der Waals surface area (Å²) in [6.45, 7) is 5.33. The first-order valence-corrected chi connectivity index (χ1v) is 9.91. The molecule has 2 aromatic rings. The second kappa shape index (κ2) is 10.3. The number of esters is 2. The second-order valence-electron chi connectivity index (χ2n) is 5.98. The molecule has 0 saturated heterocycles. The topological polar surface area (TPSA) is 93.5 Å². The van der Waals surface area contributed by atoms with Gasteiger partial charge in [0.2, 0.25) is 0 Å². The van der Waals surface area contributed by atoms with Crippen molar-refractivity contribution in [2.45, 2.75) is 27.2 Å². The van der Waals surface area contributed by atoms with Crippen molar-refractivity contribution >= 4 is 35.1 Å².